The second-order valence-corrected chi connectivity index (χ2v) is 18.7. The molecule has 3 saturated heterocycles. The molecule has 0 radical (unpaired) electrons. The van der Waals surface area contributed by atoms with E-state index in [0.29, 0.717) is 63.6 Å². The molecule has 3 heterocycles. The summed E-state index contributed by atoms with van der Waals surface area (Å²) in [5, 5.41) is 18.4. The van der Waals surface area contributed by atoms with Gasteiger partial charge in [0.25, 0.3) is 0 Å². The van der Waals surface area contributed by atoms with Gasteiger partial charge >= 0.3 is 5.97 Å². The van der Waals surface area contributed by atoms with Gasteiger partial charge in [0.1, 0.15) is 18.0 Å². The van der Waals surface area contributed by atoms with Crippen LogP contribution < -0.4 is 0 Å². The zero-order chi connectivity index (χ0) is 37.2. The van der Waals surface area contributed by atoms with Crippen LogP contribution in [0.2, 0.25) is 0 Å². The summed E-state index contributed by atoms with van der Waals surface area (Å²) in [5.41, 5.74) is 1.66. The molecule has 2 aromatic rings. The van der Waals surface area contributed by atoms with Crippen LogP contribution in [0.1, 0.15) is 62.8 Å². The van der Waals surface area contributed by atoms with Gasteiger partial charge in [-0.25, -0.2) is 16.8 Å². The Morgan fingerprint density at radius 2 is 1.23 bits per heavy atom. The third kappa shape index (κ3) is 8.21. The summed E-state index contributed by atoms with van der Waals surface area (Å²) in [5.74, 6) is 0.376. The number of benzene rings is 2. The molecule has 1 aliphatic carbocycles. The van der Waals surface area contributed by atoms with Gasteiger partial charge < -0.3 is 19.5 Å². The van der Waals surface area contributed by atoms with Gasteiger partial charge in [0, 0.05) is 61.5 Å². The first-order valence-electron chi connectivity index (χ1n) is 18.0. The van der Waals surface area contributed by atoms with Crippen molar-refractivity contribution >= 4 is 37.4 Å². The number of hydrogen-bond donors (Lipinski definition) is 1. The van der Waals surface area contributed by atoms with E-state index >= 15 is 0 Å². The Bertz CT molecular complexity index is 1800. The first-order chi connectivity index (χ1) is 24.8. The summed E-state index contributed by atoms with van der Waals surface area (Å²) in [6, 6.07) is 9.09. The van der Waals surface area contributed by atoms with Crippen molar-refractivity contribution in [2.45, 2.75) is 50.3 Å². The van der Waals surface area contributed by atoms with E-state index in [2.05, 4.69) is 10.3 Å². The third-order valence-corrected chi connectivity index (χ3v) is 13.8. The molecule has 16 heteroatoms. The predicted octanol–water partition coefficient (Wildman–Crippen LogP) is 3.20. The Hall–Kier alpha value is -3.41. The van der Waals surface area contributed by atoms with Gasteiger partial charge in [-0.15, -0.1) is 0 Å². The molecule has 284 valence electrons. The molecule has 4 atom stereocenters. The van der Waals surface area contributed by atoms with Gasteiger partial charge in [-0.05, 0) is 60.8 Å². The predicted molar refractivity (Wildman–Crippen MR) is 194 cm³/mol. The molecule has 14 nitrogen and oxygen atoms in total. The lowest BCUT2D eigenvalue weighted by molar-refractivity contribution is -0.147. The van der Waals surface area contributed by atoms with E-state index < -0.39 is 26.0 Å². The normalized spacial score (nSPS) is 24.8. The standard InChI is InChI=1S/C36H49N5O9S2/c1-24-15-25(2)20-40(19-24)51(44,45)28-5-7-30-32(17-28)35(37-43)33-18-29(52(46,47)41-21-26(3)16-27(4)22-41)6-8-31(33)36(30)38-50-14-13-49-34(42)23-39-9-11-48-12-10-39/h5-8,17-18,24-27,43H,9-16,19-23H2,1-4H3/t24-,25+,26-,27+. The lowest BCUT2D eigenvalue weighted by atomic mass is 9.83. The third-order valence-electron chi connectivity index (χ3n) is 10.1. The van der Waals surface area contributed by atoms with E-state index in [1.54, 1.807) is 12.1 Å². The van der Waals surface area contributed by atoms with Crippen LogP contribution in [0.25, 0.3) is 0 Å². The number of hydrogen-bond acceptors (Lipinski definition) is 12. The first kappa shape index (κ1) is 38.3. The fourth-order valence-corrected chi connectivity index (χ4v) is 11.3. The van der Waals surface area contributed by atoms with E-state index in [4.69, 9.17) is 14.3 Å². The van der Waals surface area contributed by atoms with Gasteiger partial charge in [-0.2, -0.15) is 8.61 Å². The van der Waals surface area contributed by atoms with E-state index in [9.17, 15) is 26.8 Å². The molecule has 0 unspecified atom stereocenters. The van der Waals surface area contributed by atoms with Crippen LogP contribution in [0.3, 0.4) is 0 Å². The summed E-state index contributed by atoms with van der Waals surface area (Å²) in [7, 11) is -7.85. The number of ether oxygens (including phenoxy) is 2. The second kappa shape index (κ2) is 15.9. The van der Waals surface area contributed by atoms with E-state index in [1.165, 1.54) is 32.9 Å². The monoisotopic (exact) mass is 759 g/mol. The number of carbonyl (C=O) groups excluding carboxylic acids is 1. The average molecular weight is 760 g/mol. The fraction of sp³-hybridized carbons (Fsp3) is 0.583. The van der Waals surface area contributed by atoms with Gasteiger partial charge in [0.2, 0.25) is 20.0 Å². The van der Waals surface area contributed by atoms with Crippen LogP contribution in [0, 0.1) is 23.7 Å². The van der Waals surface area contributed by atoms with Gasteiger partial charge in [0.15, 0.2) is 6.61 Å². The second-order valence-electron chi connectivity index (χ2n) is 14.8. The highest BCUT2D eigenvalue weighted by molar-refractivity contribution is 7.89. The van der Waals surface area contributed by atoms with Crippen molar-refractivity contribution in [2.75, 3.05) is 72.2 Å². The number of sulfonamides is 2. The van der Waals surface area contributed by atoms with Crippen molar-refractivity contribution in [3.63, 3.8) is 0 Å². The quantitative estimate of drug-likeness (QED) is 0.140. The molecule has 3 fully saturated rings. The largest absolute Gasteiger partial charge is 0.461 e. The Morgan fingerprint density at radius 3 is 1.69 bits per heavy atom. The molecule has 0 amide bonds. The maximum Gasteiger partial charge on any atom is 0.320 e. The minimum atomic E-state index is -3.92. The summed E-state index contributed by atoms with van der Waals surface area (Å²) in [6.07, 6.45) is 1.86. The van der Waals surface area contributed by atoms with Gasteiger partial charge in [-0.1, -0.05) is 50.1 Å². The molecular weight excluding hydrogens is 711 g/mol. The van der Waals surface area contributed by atoms with Crippen molar-refractivity contribution in [1.29, 1.82) is 0 Å². The highest BCUT2D eigenvalue weighted by Crippen LogP contribution is 2.35. The molecular formula is C36H49N5O9S2. The molecule has 0 aromatic heterocycles. The van der Waals surface area contributed by atoms with Crippen LogP contribution in [0.4, 0.5) is 0 Å². The van der Waals surface area contributed by atoms with Crippen molar-refractivity contribution in [2.24, 2.45) is 34.0 Å². The first-order valence-corrected chi connectivity index (χ1v) is 20.8. The van der Waals surface area contributed by atoms with Crippen LogP contribution in [0.15, 0.2) is 56.5 Å². The highest BCUT2D eigenvalue weighted by Gasteiger charge is 2.37. The SMILES string of the molecule is C[C@@H]1C[C@H](C)CN(S(=O)(=O)c2ccc3c(c2)C(=NO)c2cc(S(=O)(=O)N4C[C@H](C)C[C@H](C)C4)ccc2C3=NOCCOC(=O)CN2CCOCC2)C1. The van der Waals surface area contributed by atoms with Crippen LogP contribution >= 0.6 is 0 Å². The summed E-state index contributed by atoms with van der Waals surface area (Å²) in [4.78, 5) is 20.0. The maximum absolute atomic E-state index is 14.0. The number of piperidine rings is 2. The summed E-state index contributed by atoms with van der Waals surface area (Å²) < 4.78 is 69.5. The minimum absolute atomic E-state index is 0.0100. The molecule has 1 N–H and O–H groups in total. The van der Waals surface area contributed by atoms with E-state index in [1.807, 2.05) is 32.6 Å². The Balaban J connectivity index is 1.33. The molecule has 4 aliphatic rings. The number of morpholine rings is 1. The fourth-order valence-electron chi connectivity index (χ4n) is 7.86. The number of rotatable bonds is 10. The zero-order valence-electron chi connectivity index (χ0n) is 30.2. The van der Waals surface area contributed by atoms with Crippen LogP contribution in [-0.4, -0.2) is 125 Å². The number of nitrogens with zero attached hydrogens (tertiary/aromatic N) is 5. The van der Waals surface area contributed by atoms with Crippen molar-refractivity contribution < 1.29 is 41.1 Å². The van der Waals surface area contributed by atoms with E-state index in [-0.39, 0.29) is 75.8 Å². The lowest BCUT2D eigenvalue weighted by Gasteiger charge is -2.34. The molecule has 0 saturated carbocycles. The Morgan fingerprint density at radius 1 is 0.750 bits per heavy atom. The minimum Gasteiger partial charge on any atom is -0.461 e. The number of oxime groups is 2. The zero-order valence-corrected chi connectivity index (χ0v) is 31.9. The van der Waals surface area contributed by atoms with Crippen molar-refractivity contribution in [3.05, 3.63) is 58.7 Å². The Labute approximate surface area is 306 Å². The lowest BCUT2D eigenvalue weighted by Crippen LogP contribution is -2.42. The van der Waals surface area contributed by atoms with Crippen LogP contribution in [0.5, 0.6) is 0 Å². The number of carbonyl (C=O) groups is 1. The molecule has 0 bridgehead atoms. The van der Waals surface area contributed by atoms with Crippen molar-refractivity contribution in [3.8, 4) is 0 Å². The van der Waals surface area contributed by atoms with Crippen molar-refractivity contribution in [1.82, 2.24) is 13.5 Å². The van der Waals surface area contributed by atoms with E-state index in [0.717, 1.165) is 12.8 Å². The maximum atomic E-state index is 14.0. The number of esters is 1. The van der Waals surface area contributed by atoms with Crippen LogP contribution in [-0.2, 0) is 39.2 Å². The van der Waals surface area contributed by atoms with Gasteiger partial charge in [-0.3, -0.25) is 9.69 Å². The Kier molecular flexibility index (Phi) is 11.7. The average Bonchev–Trinajstić information content (AvgIpc) is 3.10. The highest BCUT2D eigenvalue weighted by atomic mass is 32.2. The molecule has 52 heavy (non-hydrogen) atoms. The topological polar surface area (TPSA) is 168 Å². The molecule has 6 rings (SSSR count). The number of fused-ring (bicyclic) bond motifs is 2. The summed E-state index contributed by atoms with van der Waals surface area (Å²) >= 11 is 0. The summed E-state index contributed by atoms with van der Waals surface area (Å²) in [6.45, 7) is 12.1. The molecule has 2 aromatic carbocycles. The molecule has 0 spiro atoms. The molecule has 3 aliphatic heterocycles. The smallest absolute Gasteiger partial charge is 0.320 e. The van der Waals surface area contributed by atoms with Gasteiger partial charge in [0.05, 0.1) is 29.5 Å².